The summed E-state index contributed by atoms with van der Waals surface area (Å²) in [7, 11) is 1.96. The monoisotopic (exact) mass is 349 g/mol. The van der Waals surface area contributed by atoms with Gasteiger partial charge in [-0.25, -0.2) is 0 Å². The molecule has 26 heavy (non-hydrogen) atoms. The Hall–Kier alpha value is -2.82. The molecule has 1 N–H and O–H groups in total. The molecular weight excluding hydrogens is 326 g/mol. The highest BCUT2D eigenvalue weighted by Crippen LogP contribution is 2.29. The first-order valence-electron chi connectivity index (χ1n) is 9.15. The number of amides is 1. The third-order valence-corrected chi connectivity index (χ3v) is 5.03. The lowest BCUT2D eigenvalue weighted by Crippen LogP contribution is -2.31. The number of furan rings is 1. The van der Waals surface area contributed by atoms with Gasteiger partial charge in [0.05, 0.1) is 12.2 Å². The summed E-state index contributed by atoms with van der Waals surface area (Å²) in [6, 6.07) is 14.0. The first-order valence-corrected chi connectivity index (χ1v) is 9.15. The first kappa shape index (κ1) is 16.6. The van der Waals surface area contributed by atoms with Crippen molar-refractivity contribution < 1.29 is 9.21 Å². The van der Waals surface area contributed by atoms with E-state index in [1.54, 1.807) is 0 Å². The molecule has 1 aliphatic rings. The summed E-state index contributed by atoms with van der Waals surface area (Å²) < 4.78 is 7.79. The van der Waals surface area contributed by atoms with Crippen molar-refractivity contribution in [3.63, 3.8) is 0 Å². The molecule has 134 valence electrons. The van der Waals surface area contributed by atoms with E-state index in [2.05, 4.69) is 10.4 Å². The maximum atomic E-state index is 12.4. The van der Waals surface area contributed by atoms with E-state index in [4.69, 9.17) is 4.42 Å². The van der Waals surface area contributed by atoms with Crippen LogP contribution in [0.4, 0.5) is 0 Å². The Morgan fingerprint density at radius 3 is 2.96 bits per heavy atom. The Morgan fingerprint density at radius 1 is 1.27 bits per heavy atom. The van der Waals surface area contributed by atoms with Gasteiger partial charge in [0.15, 0.2) is 0 Å². The Morgan fingerprint density at radius 2 is 2.12 bits per heavy atom. The third kappa shape index (κ3) is 3.43. The van der Waals surface area contributed by atoms with Crippen molar-refractivity contribution in [2.75, 3.05) is 0 Å². The normalized spacial score (nSPS) is 16.3. The topological polar surface area (TPSA) is 60.1 Å². The molecule has 1 aromatic carbocycles. The molecule has 0 spiro atoms. The predicted molar refractivity (Wildman–Crippen MR) is 99.5 cm³/mol. The van der Waals surface area contributed by atoms with Crippen LogP contribution in [-0.2, 0) is 24.7 Å². The predicted octanol–water partition coefficient (Wildman–Crippen LogP) is 3.81. The number of rotatable bonds is 5. The molecule has 5 nitrogen and oxygen atoms in total. The average molecular weight is 349 g/mol. The molecule has 0 saturated heterocycles. The van der Waals surface area contributed by atoms with Crippen molar-refractivity contribution in [3.05, 3.63) is 65.7 Å². The second-order valence-corrected chi connectivity index (χ2v) is 6.81. The minimum Gasteiger partial charge on any atom is -0.461 e. The zero-order valence-electron chi connectivity index (χ0n) is 14.9. The van der Waals surface area contributed by atoms with Crippen LogP contribution < -0.4 is 5.32 Å². The van der Waals surface area contributed by atoms with E-state index >= 15 is 0 Å². The zero-order valence-corrected chi connectivity index (χ0v) is 14.9. The summed E-state index contributed by atoms with van der Waals surface area (Å²) in [6.07, 6.45) is 6.00. The van der Waals surface area contributed by atoms with Gasteiger partial charge in [-0.15, -0.1) is 0 Å². The summed E-state index contributed by atoms with van der Waals surface area (Å²) in [5, 5.41) is 7.49. The zero-order chi connectivity index (χ0) is 17.9. The molecule has 5 heteroatoms. The van der Waals surface area contributed by atoms with Crippen molar-refractivity contribution in [1.29, 1.82) is 0 Å². The van der Waals surface area contributed by atoms with Gasteiger partial charge in [0.1, 0.15) is 11.5 Å². The Bertz CT molecular complexity index is 895. The van der Waals surface area contributed by atoms with Gasteiger partial charge >= 0.3 is 0 Å². The van der Waals surface area contributed by atoms with E-state index in [1.807, 2.05) is 60.4 Å². The number of nitrogens with zero attached hydrogens (tertiary/aromatic N) is 2. The third-order valence-electron chi connectivity index (χ3n) is 5.03. The lowest BCUT2D eigenvalue weighted by atomic mass is 9.93. The standard InChI is InChI=1S/C21H23N3O2/c1-24-19-9-5-8-18(17(19)14-22-24)23-21(25)13-11-16-10-12-20(26-16)15-6-3-2-4-7-15/h2-4,6-7,10,12,14,18H,5,8-9,11,13H2,1H3,(H,23,25)/t18-/m0/s1. The molecule has 3 aromatic rings. The summed E-state index contributed by atoms with van der Waals surface area (Å²) in [4.78, 5) is 12.4. The van der Waals surface area contributed by atoms with Crippen LogP contribution >= 0.6 is 0 Å². The van der Waals surface area contributed by atoms with Crippen LogP contribution in [-0.4, -0.2) is 15.7 Å². The fourth-order valence-corrected chi connectivity index (χ4v) is 3.63. The van der Waals surface area contributed by atoms with E-state index < -0.39 is 0 Å². The van der Waals surface area contributed by atoms with Crippen LogP contribution in [0.15, 0.2) is 53.1 Å². The number of hydrogen-bond acceptors (Lipinski definition) is 3. The molecule has 4 rings (SSSR count). The molecule has 1 amide bonds. The van der Waals surface area contributed by atoms with Gasteiger partial charge in [-0.05, 0) is 31.4 Å². The lowest BCUT2D eigenvalue weighted by molar-refractivity contribution is -0.122. The smallest absolute Gasteiger partial charge is 0.220 e. The highest BCUT2D eigenvalue weighted by molar-refractivity contribution is 5.76. The van der Waals surface area contributed by atoms with Crippen LogP contribution in [0.1, 0.15) is 42.3 Å². The highest BCUT2D eigenvalue weighted by atomic mass is 16.3. The second-order valence-electron chi connectivity index (χ2n) is 6.81. The molecule has 0 aliphatic heterocycles. The number of carbonyl (C=O) groups excluding carboxylic acids is 1. The summed E-state index contributed by atoms with van der Waals surface area (Å²) in [5.41, 5.74) is 3.45. The van der Waals surface area contributed by atoms with Crippen molar-refractivity contribution in [2.45, 2.75) is 38.1 Å². The van der Waals surface area contributed by atoms with E-state index in [-0.39, 0.29) is 11.9 Å². The number of nitrogens with one attached hydrogen (secondary N) is 1. The van der Waals surface area contributed by atoms with Crippen LogP contribution in [0.2, 0.25) is 0 Å². The first-order chi connectivity index (χ1) is 12.7. The number of fused-ring (bicyclic) bond motifs is 1. The van der Waals surface area contributed by atoms with Gasteiger partial charge < -0.3 is 9.73 Å². The van der Waals surface area contributed by atoms with Crippen molar-refractivity contribution >= 4 is 5.91 Å². The maximum absolute atomic E-state index is 12.4. The van der Waals surface area contributed by atoms with Crippen LogP contribution in [0.5, 0.6) is 0 Å². The van der Waals surface area contributed by atoms with Gasteiger partial charge in [-0.2, -0.15) is 5.10 Å². The molecule has 0 fully saturated rings. The van der Waals surface area contributed by atoms with Crippen molar-refractivity contribution in [3.8, 4) is 11.3 Å². The fraction of sp³-hybridized carbons (Fsp3) is 0.333. The van der Waals surface area contributed by atoms with Gasteiger partial charge in [0.2, 0.25) is 5.91 Å². The number of benzene rings is 1. The summed E-state index contributed by atoms with van der Waals surface area (Å²) >= 11 is 0. The number of aromatic nitrogens is 2. The minimum atomic E-state index is 0.0596. The van der Waals surface area contributed by atoms with E-state index in [1.165, 1.54) is 5.69 Å². The SMILES string of the molecule is Cn1ncc2c1CCC[C@@H]2NC(=O)CCc1ccc(-c2ccccc2)o1. The van der Waals surface area contributed by atoms with Crippen molar-refractivity contribution in [2.24, 2.45) is 7.05 Å². The molecule has 1 atom stereocenters. The van der Waals surface area contributed by atoms with Gasteiger partial charge in [0, 0.05) is 36.7 Å². The number of aryl methyl sites for hydroxylation is 2. The largest absolute Gasteiger partial charge is 0.461 e. The van der Waals surface area contributed by atoms with Crippen LogP contribution in [0.25, 0.3) is 11.3 Å². The Balaban J connectivity index is 1.34. The number of carbonyl (C=O) groups is 1. The molecule has 0 radical (unpaired) electrons. The second kappa shape index (κ2) is 7.20. The molecular formula is C21H23N3O2. The van der Waals surface area contributed by atoms with Gasteiger partial charge in [-0.1, -0.05) is 30.3 Å². The highest BCUT2D eigenvalue weighted by Gasteiger charge is 2.24. The lowest BCUT2D eigenvalue weighted by Gasteiger charge is -2.23. The van der Waals surface area contributed by atoms with E-state index in [0.29, 0.717) is 12.8 Å². The molecule has 2 heterocycles. The van der Waals surface area contributed by atoms with Crippen LogP contribution in [0.3, 0.4) is 0 Å². The number of hydrogen-bond donors (Lipinski definition) is 1. The fourth-order valence-electron chi connectivity index (χ4n) is 3.63. The molecule has 0 bridgehead atoms. The summed E-state index contributed by atoms with van der Waals surface area (Å²) in [5.74, 6) is 1.74. The Kier molecular flexibility index (Phi) is 4.61. The van der Waals surface area contributed by atoms with Crippen molar-refractivity contribution in [1.82, 2.24) is 15.1 Å². The van der Waals surface area contributed by atoms with E-state index in [0.717, 1.165) is 41.9 Å². The molecule has 2 aromatic heterocycles. The Labute approximate surface area is 153 Å². The molecule has 0 saturated carbocycles. The summed E-state index contributed by atoms with van der Waals surface area (Å²) in [6.45, 7) is 0. The van der Waals surface area contributed by atoms with Gasteiger partial charge in [0.25, 0.3) is 0 Å². The maximum Gasteiger partial charge on any atom is 0.220 e. The quantitative estimate of drug-likeness (QED) is 0.762. The van der Waals surface area contributed by atoms with Crippen LogP contribution in [0, 0.1) is 0 Å². The minimum absolute atomic E-state index is 0.0596. The van der Waals surface area contributed by atoms with Gasteiger partial charge in [-0.3, -0.25) is 9.48 Å². The van der Waals surface area contributed by atoms with E-state index in [9.17, 15) is 4.79 Å². The molecule has 0 unspecified atom stereocenters. The average Bonchev–Trinajstić information content (AvgIpc) is 3.29. The molecule has 1 aliphatic carbocycles.